The highest BCUT2D eigenvalue weighted by atomic mass is 79.9. The number of para-hydroxylation sites is 1. The second kappa shape index (κ2) is 11.2. The van der Waals surface area contributed by atoms with Gasteiger partial charge in [-0.2, -0.15) is 0 Å². The summed E-state index contributed by atoms with van der Waals surface area (Å²) in [6, 6.07) is 25.6. The third-order valence-electron chi connectivity index (χ3n) is 4.97. The van der Waals surface area contributed by atoms with Crippen molar-refractivity contribution in [1.29, 1.82) is 0 Å². The summed E-state index contributed by atoms with van der Waals surface area (Å²) >= 11 is 5.13. The predicted octanol–water partition coefficient (Wildman–Crippen LogP) is 5.50. The number of benzene rings is 3. The average Bonchev–Trinajstić information content (AvgIpc) is 3.27. The monoisotopic (exact) mass is 522 g/mol. The van der Waals surface area contributed by atoms with Crippen LogP contribution < -0.4 is 10.1 Å². The van der Waals surface area contributed by atoms with E-state index in [-0.39, 0.29) is 5.91 Å². The SMILES string of the molecule is COc1ccc(CNC(=O)CCSc2nnc(-c3ccccc3Br)n2-c2ccccc2)cc1. The molecule has 33 heavy (non-hydrogen) atoms. The molecule has 0 unspecified atom stereocenters. The quantitative estimate of drug-likeness (QED) is 0.294. The molecule has 0 bridgehead atoms. The molecule has 4 aromatic rings. The molecule has 1 amide bonds. The second-order valence-corrected chi connectivity index (χ2v) is 9.10. The van der Waals surface area contributed by atoms with Crippen molar-refractivity contribution in [3.8, 4) is 22.8 Å². The van der Waals surface area contributed by atoms with Crippen LogP contribution in [0.15, 0.2) is 88.5 Å². The van der Waals surface area contributed by atoms with Crippen molar-refractivity contribution in [2.24, 2.45) is 0 Å². The Bertz CT molecular complexity index is 1210. The number of rotatable bonds is 9. The smallest absolute Gasteiger partial charge is 0.221 e. The van der Waals surface area contributed by atoms with Crippen LogP contribution >= 0.6 is 27.7 Å². The van der Waals surface area contributed by atoms with Gasteiger partial charge in [0.15, 0.2) is 11.0 Å². The average molecular weight is 523 g/mol. The number of methoxy groups -OCH3 is 1. The molecule has 0 radical (unpaired) electrons. The summed E-state index contributed by atoms with van der Waals surface area (Å²) in [6.07, 6.45) is 0.382. The Hall–Kier alpha value is -3.10. The maximum Gasteiger partial charge on any atom is 0.221 e. The minimum atomic E-state index is -0.00452. The molecular weight excluding hydrogens is 500 g/mol. The van der Waals surface area contributed by atoms with Crippen molar-refractivity contribution in [3.05, 3.63) is 88.9 Å². The van der Waals surface area contributed by atoms with Crippen LogP contribution in [0.2, 0.25) is 0 Å². The molecule has 3 aromatic carbocycles. The van der Waals surface area contributed by atoms with Gasteiger partial charge in [0.2, 0.25) is 5.91 Å². The number of hydrogen-bond acceptors (Lipinski definition) is 5. The number of carbonyl (C=O) groups is 1. The van der Waals surface area contributed by atoms with E-state index in [1.54, 1.807) is 7.11 Å². The van der Waals surface area contributed by atoms with Crippen molar-refractivity contribution >= 4 is 33.6 Å². The lowest BCUT2D eigenvalue weighted by Gasteiger charge is -2.11. The van der Waals surface area contributed by atoms with Crippen LogP contribution in [0.3, 0.4) is 0 Å². The van der Waals surface area contributed by atoms with Gasteiger partial charge in [-0.15, -0.1) is 10.2 Å². The fourth-order valence-corrected chi connectivity index (χ4v) is 4.61. The van der Waals surface area contributed by atoms with Crippen LogP contribution in [0.1, 0.15) is 12.0 Å². The molecule has 0 atom stereocenters. The summed E-state index contributed by atoms with van der Waals surface area (Å²) in [5.74, 6) is 2.14. The third kappa shape index (κ3) is 5.83. The summed E-state index contributed by atoms with van der Waals surface area (Å²) in [6.45, 7) is 0.486. The summed E-state index contributed by atoms with van der Waals surface area (Å²) < 4.78 is 8.14. The maximum absolute atomic E-state index is 12.4. The molecule has 0 aliphatic heterocycles. The Labute approximate surface area is 205 Å². The van der Waals surface area contributed by atoms with Crippen LogP contribution in [0.25, 0.3) is 17.1 Å². The van der Waals surface area contributed by atoms with Crippen LogP contribution in [-0.2, 0) is 11.3 Å². The van der Waals surface area contributed by atoms with Crippen molar-refractivity contribution in [3.63, 3.8) is 0 Å². The largest absolute Gasteiger partial charge is 0.497 e. The van der Waals surface area contributed by atoms with E-state index in [1.165, 1.54) is 11.8 Å². The number of carbonyl (C=O) groups excluding carboxylic acids is 1. The minimum absolute atomic E-state index is 0.00452. The third-order valence-corrected chi connectivity index (χ3v) is 6.59. The van der Waals surface area contributed by atoms with E-state index >= 15 is 0 Å². The molecule has 0 aliphatic rings. The molecule has 0 spiro atoms. The molecule has 0 saturated heterocycles. The van der Waals surface area contributed by atoms with Gasteiger partial charge in [-0.05, 0) is 35.9 Å². The second-order valence-electron chi connectivity index (χ2n) is 7.18. The number of amides is 1. The number of thioether (sulfide) groups is 1. The molecule has 8 heteroatoms. The maximum atomic E-state index is 12.4. The van der Waals surface area contributed by atoms with Gasteiger partial charge in [-0.1, -0.05) is 76.2 Å². The van der Waals surface area contributed by atoms with E-state index in [0.717, 1.165) is 38.0 Å². The van der Waals surface area contributed by atoms with E-state index in [0.29, 0.717) is 18.7 Å². The lowest BCUT2D eigenvalue weighted by atomic mass is 10.2. The lowest BCUT2D eigenvalue weighted by Crippen LogP contribution is -2.23. The molecule has 4 rings (SSSR count). The zero-order chi connectivity index (χ0) is 23.0. The number of nitrogens with zero attached hydrogens (tertiary/aromatic N) is 3. The van der Waals surface area contributed by atoms with Gasteiger partial charge >= 0.3 is 0 Å². The Morgan fingerprint density at radius 2 is 1.73 bits per heavy atom. The highest BCUT2D eigenvalue weighted by Crippen LogP contribution is 2.32. The fourth-order valence-electron chi connectivity index (χ4n) is 3.26. The molecular formula is C25H23BrN4O2S. The van der Waals surface area contributed by atoms with Gasteiger partial charge in [0.05, 0.1) is 7.11 Å². The summed E-state index contributed by atoms with van der Waals surface area (Å²) in [5, 5.41) is 12.6. The highest BCUT2D eigenvalue weighted by molar-refractivity contribution is 9.10. The van der Waals surface area contributed by atoms with Crippen molar-refractivity contribution in [1.82, 2.24) is 20.1 Å². The van der Waals surface area contributed by atoms with Crippen molar-refractivity contribution in [2.45, 2.75) is 18.1 Å². The summed E-state index contributed by atoms with van der Waals surface area (Å²) in [7, 11) is 1.63. The first-order chi connectivity index (χ1) is 16.2. The Morgan fingerprint density at radius 1 is 1.00 bits per heavy atom. The van der Waals surface area contributed by atoms with Gasteiger partial charge in [0.25, 0.3) is 0 Å². The summed E-state index contributed by atoms with van der Waals surface area (Å²) in [4.78, 5) is 12.4. The molecule has 1 N–H and O–H groups in total. The van der Waals surface area contributed by atoms with Gasteiger partial charge < -0.3 is 10.1 Å². The van der Waals surface area contributed by atoms with E-state index in [2.05, 4.69) is 31.4 Å². The fraction of sp³-hybridized carbons (Fsp3) is 0.160. The van der Waals surface area contributed by atoms with Gasteiger partial charge in [0.1, 0.15) is 5.75 Å². The van der Waals surface area contributed by atoms with Crippen LogP contribution in [0.5, 0.6) is 5.75 Å². The number of nitrogens with one attached hydrogen (secondary N) is 1. The first kappa shape index (κ1) is 23.1. The number of aromatic nitrogens is 3. The Kier molecular flexibility index (Phi) is 7.80. The first-order valence-electron chi connectivity index (χ1n) is 10.4. The number of halogens is 1. The minimum Gasteiger partial charge on any atom is -0.497 e. The van der Waals surface area contributed by atoms with Gasteiger partial charge in [-0.3, -0.25) is 9.36 Å². The number of hydrogen-bond donors (Lipinski definition) is 1. The lowest BCUT2D eigenvalue weighted by molar-refractivity contribution is -0.120. The Morgan fingerprint density at radius 3 is 2.45 bits per heavy atom. The molecule has 1 heterocycles. The van der Waals surface area contributed by atoms with E-state index in [4.69, 9.17) is 4.74 Å². The predicted molar refractivity (Wildman–Crippen MR) is 135 cm³/mol. The zero-order valence-corrected chi connectivity index (χ0v) is 20.5. The van der Waals surface area contributed by atoms with E-state index < -0.39 is 0 Å². The topological polar surface area (TPSA) is 69.0 Å². The first-order valence-corrected chi connectivity index (χ1v) is 12.2. The standard InChI is InChI=1S/C25H23BrN4O2S/c1-32-20-13-11-18(12-14-20)17-27-23(31)15-16-33-25-29-28-24(21-9-5-6-10-22(21)26)30(25)19-7-3-2-4-8-19/h2-14H,15-17H2,1H3,(H,27,31). The van der Waals surface area contributed by atoms with Crippen molar-refractivity contribution in [2.75, 3.05) is 12.9 Å². The normalized spacial score (nSPS) is 10.7. The van der Waals surface area contributed by atoms with Crippen molar-refractivity contribution < 1.29 is 9.53 Å². The summed E-state index contributed by atoms with van der Waals surface area (Å²) in [5.41, 5.74) is 2.95. The van der Waals surface area contributed by atoms with Crippen LogP contribution in [-0.4, -0.2) is 33.5 Å². The van der Waals surface area contributed by atoms with Gasteiger partial charge in [0, 0.05) is 34.4 Å². The molecule has 0 fully saturated rings. The van der Waals surface area contributed by atoms with E-state index in [9.17, 15) is 4.79 Å². The molecule has 168 valence electrons. The molecule has 1 aromatic heterocycles. The number of ether oxygens (including phenoxy) is 1. The molecule has 6 nitrogen and oxygen atoms in total. The molecule has 0 saturated carbocycles. The van der Waals surface area contributed by atoms with Crippen LogP contribution in [0.4, 0.5) is 0 Å². The van der Waals surface area contributed by atoms with Crippen LogP contribution in [0, 0.1) is 0 Å². The zero-order valence-electron chi connectivity index (χ0n) is 18.1. The van der Waals surface area contributed by atoms with Gasteiger partial charge in [-0.25, -0.2) is 0 Å². The van der Waals surface area contributed by atoms with E-state index in [1.807, 2.05) is 83.4 Å². The molecule has 0 aliphatic carbocycles. The Balaban J connectivity index is 1.42. The highest BCUT2D eigenvalue weighted by Gasteiger charge is 2.18.